The van der Waals surface area contributed by atoms with Crippen LogP contribution in [0.2, 0.25) is 0 Å². The number of aryl methyl sites for hydroxylation is 1. The summed E-state index contributed by atoms with van der Waals surface area (Å²) < 4.78 is 1.78. The second-order valence-corrected chi connectivity index (χ2v) is 4.94. The molecule has 0 aliphatic rings. The summed E-state index contributed by atoms with van der Waals surface area (Å²) in [7, 11) is 0. The van der Waals surface area contributed by atoms with E-state index in [-0.39, 0.29) is 0 Å². The normalized spacial score (nSPS) is 11.4. The van der Waals surface area contributed by atoms with Gasteiger partial charge in [-0.05, 0) is 27.2 Å². The van der Waals surface area contributed by atoms with Crippen LogP contribution >= 0.6 is 11.6 Å². The van der Waals surface area contributed by atoms with E-state index >= 15 is 0 Å². The first kappa shape index (κ1) is 13.1. The van der Waals surface area contributed by atoms with Crippen LogP contribution in [-0.2, 0) is 0 Å². The molecule has 2 heterocycles. The average molecular weight is 268 g/mol. The molecule has 2 rings (SSSR count). The maximum Gasteiger partial charge on any atom is 0.254 e. The molecule has 18 heavy (non-hydrogen) atoms. The molecule has 5 nitrogen and oxygen atoms in total. The quantitative estimate of drug-likeness (QED) is 0.780. The van der Waals surface area contributed by atoms with E-state index in [1.54, 1.807) is 4.52 Å². The Morgan fingerprint density at radius 2 is 2.22 bits per heavy atom. The highest BCUT2D eigenvalue weighted by Gasteiger charge is 2.15. The van der Waals surface area contributed by atoms with Gasteiger partial charge >= 0.3 is 0 Å². The Labute approximate surface area is 112 Å². The van der Waals surface area contributed by atoms with Crippen LogP contribution in [0.1, 0.15) is 26.0 Å². The van der Waals surface area contributed by atoms with Crippen LogP contribution < -0.4 is 4.90 Å². The summed E-state index contributed by atoms with van der Waals surface area (Å²) in [6.45, 7) is 7.19. The van der Waals surface area contributed by atoms with E-state index in [2.05, 4.69) is 33.8 Å². The lowest BCUT2D eigenvalue weighted by Crippen LogP contribution is -2.33. The van der Waals surface area contributed by atoms with Gasteiger partial charge in [-0.15, -0.1) is 11.6 Å². The van der Waals surface area contributed by atoms with E-state index in [0.717, 1.165) is 24.5 Å². The van der Waals surface area contributed by atoms with Crippen molar-refractivity contribution in [2.45, 2.75) is 33.2 Å². The fourth-order valence-electron chi connectivity index (χ4n) is 1.98. The maximum atomic E-state index is 5.79. The summed E-state index contributed by atoms with van der Waals surface area (Å²) in [6.07, 6.45) is 2.47. The van der Waals surface area contributed by atoms with Gasteiger partial charge < -0.3 is 4.90 Å². The van der Waals surface area contributed by atoms with Crippen LogP contribution in [0, 0.1) is 6.92 Å². The van der Waals surface area contributed by atoms with E-state index in [1.165, 1.54) is 6.33 Å². The predicted molar refractivity (Wildman–Crippen MR) is 73.3 cm³/mol. The predicted octanol–water partition coefficient (Wildman–Crippen LogP) is 2.28. The molecule has 0 atom stereocenters. The van der Waals surface area contributed by atoms with Crippen molar-refractivity contribution in [2.24, 2.45) is 0 Å². The summed E-state index contributed by atoms with van der Waals surface area (Å²) in [5.41, 5.74) is 0.946. The first-order valence-corrected chi connectivity index (χ1v) is 6.67. The highest BCUT2D eigenvalue weighted by molar-refractivity contribution is 6.17. The largest absolute Gasteiger partial charge is 0.354 e. The zero-order valence-electron chi connectivity index (χ0n) is 11.0. The summed E-state index contributed by atoms with van der Waals surface area (Å²) in [6, 6.07) is 2.41. The molecule has 0 saturated carbocycles. The zero-order chi connectivity index (χ0) is 13.1. The van der Waals surface area contributed by atoms with Gasteiger partial charge in [0.2, 0.25) is 0 Å². The fourth-order valence-corrected chi connectivity index (χ4v) is 2.10. The van der Waals surface area contributed by atoms with Gasteiger partial charge in [0, 0.05) is 30.2 Å². The van der Waals surface area contributed by atoms with Gasteiger partial charge in [-0.1, -0.05) is 0 Å². The van der Waals surface area contributed by atoms with Crippen molar-refractivity contribution >= 4 is 23.2 Å². The molecule has 0 spiro atoms. The lowest BCUT2D eigenvalue weighted by Gasteiger charge is -2.28. The molecule has 0 N–H and O–H groups in total. The van der Waals surface area contributed by atoms with Gasteiger partial charge in [0.15, 0.2) is 0 Å². The minimum Gasteiger partial charge on any atom is -0.354 e. The highest BCUT2D eigenvalue weighted by Crippen LogP contribution is 2.18. The molecule has 98 valence electrons. The average Bonchev–Trinajstić information content (AvgIpc) is 2.76. The summed E-state index contributed by atoms with van der Waals surface area (Å²) in [5, 5.41) is 4.24. The number of halogens is 1. The van der Waals surface area contributed by atoms with Crippen LogP contribution in [0.15, 0.2) is 12.4 Å². The van der Waals surface area contributed by atoms with Crippen molar-refractivity contribution in [3.63, 3.8) is 0 Å². The Morgan fingerprint density at radius 3 is 2.89 bits per heavy atom. The molecule has 0 aromatic carbocycles. The molecule has 0 fully saturated rings. The number of aromatic nitrogens is 4. The Hall–Kier alpha value is -1.36. The number of rotatable bonds is 5. The molecule has 2 aromatic rings. The topological polar surface area (TPSA) is 46.3 Å². The molecule has 2 aromatic heterocycles. The summed E-state index contributed by atoms with van der Waals surface area (Å²) >= 11 is 5.79. The SMILES string of the molecule is Cc1cc(N(CCCCl)C(C)C)n2ncnc2n1. The standard InChI is InChI=1S/C12H18ClN5/c1-9(2)17(6-4-5-13)11-7-10(3)16-12-14-8-15-18(11)12/h7-9H,4-6H2,1-3H3. The number of nitrogens with zero attached hydrogens (tertiary/aromatic N) is 5. The van der Waals surface area contributed by atoms with Crippen molar-refractivity contribution < 1.29 is 0 Å². The Morgan fingerprint density at radius 1 is 1.44 bits per heavy atom. The van der Waals surface area contributed by atoms with Gasteiger partial charge in [-0.2, -0.15) is 14.6 Å². The van der Waals surface area contributed by atoms with Crippen LogP contribution in [0.3, 0.4) is 0 Å². The molecule has 6 heteroatoms. The number of fused-ring (bicyclic) bond motifs is 1. The van der Waals surface area contributed by atoms with Crippen LogP contribution in [0.5, 0.6) is 0 Å². The Kier molecular flexibility index (Phi) is 4.01. The second-order valence-electron chi connectivity index (χ2n) is 4.56. The van der Waals surface area contributed by atoms with Crippen molar-refractivity contribution in [1.29, 1.82) is 0 Å². The first-order valence-electron chi connectivity index (χ1n) is 6.13. The molecular formula is C12H18ClN5. The molecule has 0 amide bonds. The number of alkyl halides is 1. The minimum atomic E-state index is 0.377. The molecule has 0 saturated heterocycles. The number of hydrogen-bond acceptors (Lipinski definition) is 4. The van der Waals surface area contributed by atoms with E-state index < -0.39 is 0 Å². The maximum absolute atomic E-state index is 5.79. The lowest BCUT2D eigenvalue weighted by molar-refractivity contribution is 0.650. The van der Waals surface area contributed by atoms with E-state index in [0.29, 0.717) is 17.7 Å². The van der Waals surface area contributed by atoms with Gasteiger partial charge in [0.25, 0.3) is 5.78 Å². The Bertz CT molecular complexity index is 522. The van der Waals surface area contributed by atoms with E-state index in [1.807, 2.05) is 13.0 Å². The molecule has 0 aliphatic carbocycles. The van der Waals surface area contributed by atoms with E-state index in [4.69, 9.17) is 11.6 Å². The third-order valence-corrected chi connectivity index (χ3v) is 3.08. The van der Waals surface area contributed by atoms with Gasteiger partial charge in [-0.25, -0.2) is 4.98 Å². The Balaban J connectivity index is 2.45. The molecular weight excluding hydrogens is 250 g/mol. The second kappa shape index (κ2) is 5.52. The molecule has 0 radical (unpaired) electrons. The van der Waals surface area contributed by atoms with Crippen LogP contribution in [-0.4, -0.2) is 38.0 Å². The number of anilines is 1. The molecule has 0 unspecified atom stereocenters. The van der Waals surface area contributed by atoms with Crippen molar-refractivity contribution in [3.8, 4) is 0 Å². The van der Waals surface area contributed by atoms with Gasteiger partial charge in [0.05, 0.1) is 0 Å². The first-order chi connectivity index (χ1) is 8.63. The van der Waals surface area contributed by atoms with Crippen molar-refractivity contribution in [3.05, 3.63) is 18.1 Å². The molecule has 0 bridgehead atoms. The van der Waals surface area contributed by atoms with Gasteiger partial charge in [0.1, 0.15) is 12.1 Å². The van der Waals surface area contributed by atoms with E-state index in [9.17, 15) is 0 Å². The lowest BCUT2D eigenvalue weighted by atomic mass is 10.2. The van der Waals surface area contributed by atoms with Crippen molar-refractivity contribution in [2.75, 3.05) is 17.3 Å². The fraction of sp³-hybridized carbons (Fsp3) is 0.583. The zero-order valence-corrected chi connectivity index (χ0v) is 11.7. The minimum absolute atomic E-state index is 0.377. The smallest absolute Gasteiger partial charge is 0.254 e. The summed E-state index contributed by atoms with van der Waals surface area (Å²) in [4.78, 5) is 10.8. The third-order valence-electron chi connectivity index (χ3n) is 2.81. The summed E-state index contributed by atoms with van der Waals surface area (Å²) in [5.74, 6) is 2.32. The van der Waals surface area contributed by atoms with Crippen molar-refractivity contribution in [1.82, 2.24) is 19.6 Å². The van der Waals surface area contributed by atoms with Crippen LogP contribution in [0.4, 0.5) is 5.82 Å². The van der Waals surface area contributed by atoms with Gasteiger partial charge in [-0.3, -0.25) is 0 Å². The molecule has 0 aliphatic heterocycles. The number of hydrogen-bond donors (Lipinski definition) is 0. The van der Waals surface area contributed by atoms with Crippen LogP contribution in [0.25, 0.3) is 5.78 Å². The monoisotopic (exact) mass is 267 g/mol. The highest BCUT2D eigenvalue weighted by atomic mass is 35.5. The third kappa shape index (κ3) is 2.56.